The van der Waals surface area contributed by atoms with Gasteiger partial charge < -0.3 is 10.1 Å². The third-order valence-electron chi connectivity index (χ3n) is 4.51. The summed E-state index contributed by atoms with van der Waals surface area (Å²) in [6.45, 7) is 3.63. The second-order valence-electron chi connectivity index (χ2n) is 7.51. The Hall–Kier alpha value is -1.67. The van der Waals surface area contributed by atoms with Crippen LogP contribution in [0.1, 0.15) is 31.9 Å². The molecule has 6 nitrogen and oxygen atoms in total. The molecule has 0 aromatic heterocycles. The number of carbonyl (C=O) groups is 1. The topological polar surface area (TPSA) is 75.7 Å². The molecule has 2 aromatic carbocycles. The molecule has 0 spiro atoms. The minimum absolute atomic E-state index is 0.0708. The van der Waals surface area contributed by atoms with Gasteiger partial charge in [0.1, 0.15) is 12.3 Å². The van der Waals surface area contributed by atoms with Crippen molar-refractivity contribution in [1.29, 1.82) is 0 Å². The van der Waals surface area contributed by atoms with Crippen LogP contribution in [0.2, 0.25) is 15.1 Å². The van der Waals surface area contributed by atoms with Crippen molar-refractivity contribution < 1.29 is 17.9 Å². The van der Waals surface area contributed by atoms with Crippen LogP contribution in [0.5, 0.6) is 5.75 Å². The van der Waals surface area contributed by atoms with Gasteiger partial charge in [-0.1, -0.05) is 60.8 Å². The molecule has 0 heterocycles. The summed E-state index contributed by atoms with van der Waals surface area (Å²) < 4.78 is 30.9. The van der Waals surface area contributed by atoms with E-state index in [0.717, 1.165) is 16.1 Å². The lowest BCUT2D eigenvalue weighted by Crippen LogP contribution is -2.42. The number of halogens is 3. The van der Waals surface area contributed by atoms with Crippen LogP contribution in [0.25, 0.3) is 0 Å². The Morgan fingerprint density at radius 2 is 1.65 bits per heavy atom. The number of amides is 1. The molecule has 2 rings (SSSR count). The second-order valence-corrected chi connectivity index (χ2v) is 10.6. The number of benzene rings is 2. The first-order chi connectivity index (χ1) is 14.4. The Kier molecular flexibility index (Phi) is 8.89. The zero-order valence-electron chi connectivity index (χ0n) is 17.7. The van der Waals surface area contributed by atoms with Gasteiger partial charge in [0.15, 0.2) is 0 Å². The highest BCUT2D eigenvalue weighted by molar-refractivity contribution is 7.92. The van der Waals surface area contributed by atoms with Crippen molar-refractivity contribution in [2.75, 3.05) is 24.2 Å². The molecule has 1 unspecified atom stereocenters. The van der Waals surface area contributed by atoms with Crippen molar-refractivity contribution in [3.63, 3.8) is 0 Å². The van der Waals surface area contributed by atoms with Crippen LogP contribution in [-0.2, 0) is 14.8 Å². The summed E-state index contributed by atoms with van der Waals surface area (Å²) in [5.74, 6) is 0.521. The van der Waals surface area contributed by atoms with Gasteiger partial charge in [0, 0.05) is 0 Å². The van der Waals surface area contributed by atoms with Crippen LogP contribution in [0.4, 0.5) is 5.69 Å². The van der Waals surface area contributed by atoms with Crippen molar-refractivity contribution in [3.05, 3.63) is 57.0 Å². The Morgan fingerprint density at radius 1 is 1.06 bits per heavy atom. The summed E-state index contributed by atoms with van der Waals surface area (Å²) in [6, 6.07) is 9.74. The third kappa shape index (κ3) is 7.17. The largest absolute Gasteiger partial charge is 0.497 e. The molecule has 0 radical (unpaired) electrons. The molecule has 0 aliphatic rings. The lowest BCUT2D eigenvalue weighted by Gasteiger charge is -2.26. The number of methoxy groups -OCH3 is 1. The van der Waals surface area contributed by atoms with Crippen LogP contribution >= 0.6 is 34.8 Å². The highest BCUT2D eigenvalue weighted by Gasteiger charge is 2.26. The standard InChI is InChI=1S/C21H25Cl3N2O4S/c1-13(2)9-19(14-5-7-15(30-3)8-6-14)25-21(27)12-26(31(4,28)29)20-11-17(23)16(22)10-18(20)24/h5-8,10-11,13,19H,9,12H2,1-4H3,(H,25,27). The fourth-order valence-electron chi connectivity index (χ4n) is 3.04. The number of nitrogens with zero attached hydrogens (tertiary/aromatic N) is 1. The van der Waals surface area contributed by atoms with Gasteiger partial charge in [0.25, 0.3) is 0 Å². The molecule has 2 aromatic rings. The summed E-state index contributed by atoms with van der Waals surface area (Å²) in [5.41, 5.74) is 0.972. The molecule has 0 bridgehead atoms. The average Bonchev–Trinajstić information content (AvgIpc) is 2.67. The highest BCUT2D eigenvalue weighted by atomic mass is 35.5. The molecule has 1 atom stereocenters. The number of ether oxygens (including phenoxy) is 1. The molecule has 0 saturated heterocycles. The zero-order chi connectivity index (χ0) is 23.3. The fourth-order valence-corrected chi connectivity index (χ4v) is 4.59. The lowest BCUT2D eigenvalue weighted by atomic mass is 9.97. The average molecular weight is 508 g/mol. The number of carbonyl (C=O) groups excluding carboxylic acids is 1. The Morgan fingerprint density at radius 3 is 2.16 bits per heavy atom. The number of sulfonamides is 1. The van der Waals surface area contributed by atoms with Crippen LogP contribution in [-0.4, -0.2) is 34.2 Å². The van der Waals surface area contributed by atoms with Gasteiger partial charge in [0.2, 0.25) is 15.9 Å². The van der Waals surface area contributed by atoms with Crippen molar-refractivity contribution in [2.24, 2.45) is 5.92 Å². The Balaban J connectivity index is 2.30. The van der Waals surface area contributed by atoms with E-state index in [2.05, 4.69) is 5.32 Å². The SMILES string of the molecule is COc1ccc(C(CC(C)C)NC(=O)CN(c2cc(Cl)c(Cl)cc2Cl)S(C)(=O)=O)cc1. The number of hydrogen-bond donors (Lipinski definition) is 1. The number of hydrogen-bond acceptors (Lipinski definition) is 4. The maximum Gasteiger partial charge on any atom is 0.241 e. The molecule has 0 saturated carbocycles. The molecule has 170 valence electrons. The Labute approximate surface area is 198 Å². The number of rotatable bonds is 9. The molecule has 1 amide bonds. The molecular formula is C21H25Cl3N2O4S. The van der Waals surface area contributed by atoms with E-state index in [9.17, 15) is 13.2 Å². The van der Waals surface area contributed by atoms with Gasteiger partial charge in [-0.2, -0.15) is 0 Å². The molecule has 0 fully saturated rings. The van der Waals surface area contributed by atoms with E-state index in [1.165, 1.54) is 12.1 Å². The molecule has 31 heavy (non-hydrogen) atoms. The van der Waals surface area contributed by atoms with Crippen LogP contribution < -0.4 is 14.4 Å². The summed E-state index contributed by atoms with van der Waals surface area (Å²) in [4.78, 5) is 12.9. The summed E-state index contributed by atoms with van der Waals surface area (Å²) in [6.07, 6.45) is 1.67. The van der Waals surface area contributed by atoms with Crippen LogP contribution in [0.15, 0.2) is 36.4 Å². The van der Waals surface area contributed by atoms with E-state index < -0.39 is 22.5 Å². The monoisotopic (exact) mass is 506 g/mol. The van der Waals surface area contributed by atoms with Crippen LogP contribution in [0, 0.1) is 5.92 Å². The molecule has 1 N–H and O–H groups in total. The van der Waals surface area contributed by atoms with Gasteiger partial charge >= 0.3 is 0 Å². The lowest BCUT2D eigenvalue weighted by molar-refractivity contribution is -0.120. The molecule has 10 heteroatoms. The first kappa shape index (κ1) is 25.6. The predicted octanol–water partition coefficient (Wildman–Crippen LogP) is 5.33. The number of anilines is 1. The maximum atomic E-state index is 12.9. The third-order valence-corrected chi connectivity index (χ3v) is 6.66. The predicted molar refractivity (Wildman–Crippen MR) is 127 cm³/mol. The van der Waals surface area contributed by atoms with Crippen molar-refractivity contribution in [3.8, 4) is 5.75 Å². The van der Waals surface area contributed by atoms with Gasteiger partial charge in [-0.3, -0.25) is 9.10 Å². The van der Waals surface area contributed by atoms with Gasteiger partial charge in [0.05, 0.1) is 40.2 Å². The van der Waals surface area contributed by atoms with Crippen molar-refractivity contribution in [2.45, 2.75) is 26.3 Å². The zero-order valence-corrected chi connectivity index (χ0v) is 20.7. The first-order valence-corrected chi connectivity index (χ1v) is 12.5. The van der Waals surface area contributed by atoms with E-state index in [1.54, 1.807) is 7.11 Å². The summed E-state index contributed by atoms with van der Waals surface area (Å²) >= 11 is 18.2. The highest BCUT2D eigenvalue weighted by Crippen LogP contribution is 2.35. The van der Waals surface area contributed by atoms with E-state index in [1.807, 2.05) is 38.1 Å². The van der Waals surface area contributed by atoms with E-state index in [-0.39, 0.29) is 26.8 Å². The molecular weight excluding hydrogens is 483 g/mol. The van der Waals surface area contributed by atoms with E-state index >= 15 is 0 Å². The van der Waals surface area contributed by atoms with Gasteiger partial charge in [-0.15, -0.1) is 0 Å². The minimum atomic E-state index is -3.83. The van der Waals surface area contributed by atoms with Crippen molar-refractivity contribution >= 4 is 56.4 Å². The number of nitrogens with one attached hydrogen (secondary N) is 1. The van der Waals surface area contributed by atoms with E-state index in [4.69, 9.17) is 39.5 Å². The van der Waals surface area contributed by atoms with Crippen LogP contribution in [0.3, 0.4) is 0 Å². The quantitative estimate of drug-likeness (QED) is 0.466. The van der Waals surface area contributed by atoms with Gasteiger partial charge in [-0.25, -0.2) is 8.42 Å². The molecule has 0 aliphatic heterocycles. The summed E-state index contributed by atoms with van der Waals surface area (Å²) in [7, 11) is -2.25. The second kappa shape index (κ2) is 10.8. The summed E-state index contributed by atoms with van der Waals surface area (Å²) in [5, 5.41) is 3.32. The Bertz CT molecular complexity index is 1030. The molecule has 0 aliphatic carbocycles. The maximum absolute atomic E-state index is 12.9. The van der Waals surface area contributed by atoms with E-state index in [0.29, 0.717) is 18.1 Å². The van der Waals surface area contributed by atoms with Crippen molar-refractivity contribution in [1.82, 2.24) is 5.32 Å². The smallest absolute Gasteiger partial charge is 0.241 e. The van der Waals surface area contributed by atoms with Gasteiger partial charge in [-0.05, 0) is 42.2 Å². The minimum Gasteiger partial charge on any atom is -0.497 e. The fraction of sp³-hybridized carbons (Fsp3) is 0.381. The normalized spacial score (nSPS) is 12.5. The first-order valence-electron chi connectivity index (χ1n) is 9.48.